The van der Waals surface area contributed by atoms with Gasteiger partial charge in [-0.05, 0) is 55.2 Å². The molecular weight excluding hydrogens is 490 g/mol. The fourth-order valence-corrected chi connectivity index (χ4v) is 4.70. The molecule has 1 saturated carbocycles. The Kier molecular flexibility index (Phi) is 9.13. The van der Waals surface area contributed by atoms with E-state index in [1.165, 1.54) is 6.42 Å². The van der Waals surface area contributed by atoms with E-state index in [9.17, 15) is 9.59 Å². The van der Waals surface area contributed by atoms with Crippen LogP contribution >= 0.6 is 46.4 Å². The largest absolute Gasteiger partial charge is 0.352 e. The minimum absolute atomic E-state index is 0.0865. The average molecular weight is 516 g/mol. The molecule has 2 amide bonds. The maximum atomic E-state index is 13.3. The van der Waals surface area contributed by atoms with Crippen LogP contribution in [0.4, 0.5) is 0 Å². The fraction of sp³-hybridized carbons (Fsp3) is 0.417. The summed E-state index contributed by atoms with van der Waals surface area (Å²) in [5.74, 6) is -0.370. The van der Waals surface area contributed by atoms with E-state index in [-0.39, 0.29) is 30.8 Å². The zero-order chi connectivity index (χ0) is 23.3. The molecule has 1 atom stereocenters. The summed E-state index contributed by atoms with van der Waals surface area (Å²) in [5, 5.41) is 4.88. The third-order valence-corrected chi connectivity index (χ3v) is 7.14. The van der Waals surface area contributed by atoms with Crippen molar-refractivity contribution < 1.29 is 9.59 Å². The van der Waals surface area contributed by atoms with Crippen LogP contribution in [0.15, 0.2) is 36.4 Å². The molecule has 1 N–H and O–H groups in total. The van der Waals surface area contributed by atoms with Gasteiger partial charge in [-0.3, -0.25) is 9.59 Å². The molecular formula is C24H26Cl4N2O2. The Morgan fingerprint density at radius 2 is 1.69 bits per heavy atom. The van der Waals surface area contributed by atoms with E-state index in [0.29, 0.717) is 20.1 Å². The van der Waals surface area contributed by atoms with E-state index in [0.717, 1.165) is 36.8 Å². The Labute approximate surface area is 209 Å². The second-order valence-corrected chi connectivity index (χ2v) is 9.86. The third-order valence-electron chi connectivity index (χ3n) is 5.81. The van der Waals surface area contributed by atoms with Gasteiger partial charge in [0.05, 0.1) is 16.5 Å². The van der Waals surface area contributed by atoms with Crippen molar-refractivity contribution in [3.05, 3.63) is 67.6 Å². The quantitative estimate of drug-likeness (QED) is 0.445. The monoisotopic (exact) mass is 514 g/mol. The van der Waals surface area contributed by atoms with E-state index in [1.807, 2.05) is 0 Å². The Bertz CT molecular complexity index is 976. The van der Waals surface area contributed by atoms with E-state index >= 15 is 0 Å². The van der Waals surface area contributed by atoms with Gasteiger partial charge in [0.1, 0.15) is 6.04 Å². The van der Waals surface area contributed by atoms with E-state index < -0.39 is 6.04 Å². The zero-order valence-corrected chi connectivity index (χ0v) is 20.9. The highest BCUT2D eigenvalue weighted by Gasteiger charge is 2.28. The number of carbonyl (C=O) groups excluding carboxylic acids is 2. The number of halogens is 4. The smallest absolute Gasteiger partial charge is 0.242 e. The van der Waals surface area contributed by atoms with Crippen LogP contribution in [0.3, 0.4) is 0 Å². The van der Waals surface area contributed by atoms with Crippen molar-refractivity contribution in [3.63, 3.8) is 0 Å². The summed E-state index contributed by atoms with van der Waals surface area (Å²) in [6.07, 6.45) is 5.45. The van der Waals surface area contributed by atoms with Gasteiger partial charge in [-0.2, -0.15) is 0 Å². The van der Waals surface area contributed by atoms with Gasteiger partial charge in [0.15, 0.2) is 0 Å². The highest BCUT2D eigenvalue weighted by molar-refractivity contribution is 6.42. The number of hydrogen-bond donors (Lipinski definition) is 1. The second-order valence-electron chi connectivity index (χ2n) is 8.20. The maximum Gasteiger partial charge on any atom is 0.242 e. The Hall–Kier alpha value is -1.46. The number of nitrogens with one attached hydrogen (secondary N) is 1. The Morgan fingerprint density at radius 1 is 0.969 bits per heavy atom. The molecule has 32 heavy (non-hydrogen) atoms. The van der Waals surface area contributed by atoms with Crippen LogP contribution in [-0.2, 0) is 22.6 Å². The molecule has 1 unspecified atom stereocenters. The van der Waals surface area contributed by atoms with E-state index in [4.69, 9.17) is 46.4 Å². The molecule has 3 rings (SSSR count). The fourth-order valence-electron chi connectivity index (χ4n) is 3.91. The molecule has 0 bridgehead atoms. The minimum Gasteiger partial charge on any atom is -0.352 e. The van der Waals surface area contributed by atoms with Crippen molar-refractivity contribution in [1.82, 2.24) is 10.2 Å². The molecule has 0 radical (unpaired) electrons. The first-order chi connectivity index (χ1) is 15.2. The minimum atomic E-state index is -0.668. The SMILES string of the molecule is CC(C(=O)NC1CCCCC1)N(Cc1ccc(Cl)cc1Cl)C(=O)Cc1ccc(Cl)c(Cl)c1. The van der Waals surface area contributed by atoms with Crippen LogP contribution in [0, 0.1) is 0 Å². The first-order valence-electron chi connectivity index (χ1n) is 10.7. The molecule has 4 nitrogen and oxygen atoms in total. The molecule has 2 aromatic rings. The van der Waals surface area contributed by atoms with Crippen molar-refractivity contribution in [2.75, 3.05) is 0 Å². The standard InChI is InChI=1S/C24H26Cl4N2O2/c1-15(24(32)29-19-5-3-2-4-6-19)30(14-17-8-9-18(25)13-21(17)27)23(31)12-16-7-10-20(26)22(28)11-16/h7-11,13,15,19H,2-6,12,14H2,1H3,(H,29,32). The van der Waals surface area contributed by atoms with Crippen molar-refractivity contribution >= 4 is 58.2 Å². The summed E-state index contributed by atoms with van der Waals surface area (Å²) < 4.78 is 0. The summed E-state index contributed by atoms with van der Waals surface area (Å²) >= 11 is 24.5. The van der Waals surface area contributed by atoms with Crippen LogP contribution in [0.25, 0.3) is 0 Å². The summed E-state index contributed by atoms with van der Waals surface area (Å²) in [4.78, 5) is 27.9. The van der Waals surface area contributed by atoms with Crippen LogP contribution < -0.4 is 5.32 Å². The van der Waals surface area contributed by atoms with E-state index in [1.54, 1.807) is 48.2 Å². The molecule has 0 aliphatic heterocycles. The van der Waals surface area contributed by atoms with Gasteiger partial charge in [0.25, 0.3) is 0 Å². The Balaban J connectivity index is 1.80. The Morgan fingerprint density at radius 3 is 2.34 bits per heavy atom. The van der Waals surface area contributed by atoms with Crippen molar-refractivity contribution in [3.8, 4) is 0 Å². The highest BCUT2D eigenvalue weighted by atomic mass is 35.5. The molecule has 0 spiro atoms. The van der Waals surface area contributed by atoms with Gasteiger partial charge in [0, 0.05) is 22.6 Å². The number of nitrogens with zero attached hydrogens (tertiary/aromatic N) is 1. The molecule has 0 heterocycles. The number of benzene rings is 2. The van der Waals surface area contributed by atoms with Crippen LogP contribution in [0.1, 0.15) is 50.2 Å². The lowest BCUT2D eigenvalue weighted by molar-refractivity contribution is -0.140. The zero-order valence-electron chi connectivity index (χ0n) is 17.8. The topological polar surface area (TPSA) is 49.4 Å². The maximum absolute atomic E-state index is 13.3. The third kappa shape index (κ3) is 6.77. The van der Waals surface area contributed by atoms with E-state index in [2.05, 4.69) is 5.32 Å². The van der Waals surface area contributed by atoms with Crippen molar-refractivity contribution in [1.29, 1.82) is 0 Å². The number of amides is 2. The lowest BCUT2D eigenvalue weighted by atomic mass is 9.95. The predicted molar refractivity (Wildman–Crippen MR) is 132 cm³/mol. The number of hydrogen-bond acceptors (Lipinski definition) is 2. The molecule has 172 valence electrons. The number of rotatable bonds is 7. The number of carbonyl (C=O) groups is 2. The van der Waals surface area contributed by atoms with Crippen LogP contribution in [0.5, 0.6) is 0 Å². The lowest BCUT2D eigenvalue weighted by Crippen LogP contribution is -2.50. The average Bonchev–Trinajstić information content (AvgIpc) is 2.76. The summed E-state index contributed by atoms with van der Waals surface area (Å²) in [6.45, 7) is 1.93. The first-order valence-corrected chi connectivity index (χ1v) is 12.2. The molecule has 0 aromatic heterocycles. The van der Waals surface area contributed by atoms with Gasteiger partial charge in [-0.1, -0.05) is 77.8 Å². The summed E-state index contributed by atoms with van der Waals surface area (Å²) in [6, 6.07) is 9.70. The molecule has 8 heteroatoms. The molecule has 1 aliphatic carbocycles. The van der Waals surface area contributed by atoms with Crippen molar-refractivity contribution in [2.24, 2.45) is 0 Å². The summed E-state index contributed by atoms with van der Waals surface area (Å²) in [5.41, 5.74) is 1.44. The van der Waals surface area contributed by atoms with Gasteiger partial charge in [-0.15, -0.1) is 0 Å². The molecule has 1 aliphatic rings. The van der Waals surface area contributed by atoms with Crippen molar-refractivity contribution in [2.45, 2.75) is 64.1 Å². The summed E-state index contributed by atoms with van der Waals surface area (Å²) in [7, 11) is 0. The second kappa shape index (κ2) is 11.6. The van der Waals surface area contributed by atoms with Gasteiger partial charge < -0.3 is 10.2 Å². The predicted octanol–water partition coefficient (Wildman–Crippen LogP) is 6.71. The molecule has 2 aromatic carbocycles. The molecule has 1 fully saturated rings. The molecule has 0 saturated heterocycles. The lowest BCUT2D eigenvalue weighted by Gasteiger charge is -2.31. The first kappa shape index (κ1) is 25.2. The highest BCUT2D eigenvalue weighted by Crippen LogP contribution is 2.26. The van der Waals surface area contributed by atoms with Gasteiger partial charge in [-0.25, -0.2) is 0 Å². The van der Waals surface area contributed by atoms with Crippen LogP contribution in [-0.4, -0.2) is 28.8 Å². The van der Waals surface area contributed by atoms with Gasteiger partial charge >= 0.3 is 0 Å². The van der Waals surface area contributed by atoms with Crippen LogP contribution in [0.2, 0.25) is 20.1 Å². The normalized spacial score (nSPS) is 15.3. The van der Waals surface area contributed by atoms with Gasteiger partial charge in [0.2, 0.25) is 11.8 Å².